The van der Waals surface area contributed by atoms with Crippen molar-refractivity contribution in [1.82, 2.24) is 0 Å². The quantitative estimate of drug-likeness (QED) is 0.180. The van der Waals surface area contributed by atoms with Crippen molar-refractivity contribution in [3.63, 3.8) is 0 Å². The van der Waals surface area contributed by atoms with Gasteiger partial charge in [0.25, 0.3) is 0 Å². The van der Waals surface area contributed by atoms with E-state index in [0.717, 1.165) is 23.7 Å². The number of anilines is 3. The van der Waals surface area contributed by atoms with Crippen LogP contribution in [0.4, 0.5) is 17.1 Å². The van der Waals surface area contributed by atoms with E-state index in [0.29, 0.717) is 0 Å². The Morgan fingerprint density at radius 3 is 1.81 bits per heavy atom. The summed E-state index contributed by atoms with van der Waals surface area (Å²) in [6, 6.07) is 54.0. The Balaban J connectivity index is 1.13. The third kappa shape index (κ3) is 3.80. The lowest BCUT2D eigenvalue weighted by atomic mass is 9.43. The molecule has 6 aromatic rings. The van der Waals surface area contributed by atoms with Gasteiger partial charge in [0.05, 0.1) is 11.4 Å². The summed E-state index contributed by atoms with van der Waals surface area (Å²) in [6.45, 7) is 0. The average Bonchev–Trinajstić information content (AvgIpc) is 3.88. The zero-order valence-electron chi connectivity index (χ0n) is 29.9. The maximum absolute atomic E-state index is 2.69. The molecular formula is C51H45N. The zero-order chi connectivity index (χ0) is 34.0. The molecule has 0 aliphatic heterocycles. The van der Waals surface area contributed by atoms with Gasteiger partial charge < -0.3 is 4.90 Å². The second-order valence-corrected chi connectivity index (χ2v) is 17.2. The molecule has 0 aromatic heterocycles. The molecule has 0 heterocycles. The van der Waals surface area contributed by atoms with Gasteiger partial charge in [-0.25, -0.2) is 0 Å². The van der Waals surface area contributed by atoms with Gasteiger partial charge in [0.1, 0.15) is 0 Å². The first-order valence-corrected chi connectivity index (χ1v) is 20.2. The zero-order valence-corrected chi connectivity index (χ0v) is 29.9. The standard InChI is InChI=1S/C51H45N/c1-2-13-35(14-3-1)39-15-6-9-21-47(39)52(48-22-12-20-45-49(48)42-17-5-7-18-43(42)50(45)25-10-11-26-50)38-23-24-41-40-16-4-8-19-44(40)51(46(41)32-38)36-28-33-27-34(30-36)31-37(51)29-33/h1-9,12-24,32-34,36-37H,10-11,25-31H2. The van der Waals surface area contributed by atoms with Crippen LogP contribution in [-0.2, 0) is 10.8 Å². The second-order valence-electron chi connectivity index (χ2n) is 17.2. The first-order chi connectivity index (χ1) is 25.7. The predicted octanol–water partition coefficient (Wildman–Crippen LogP) is 13.4. The molecule has 0 atom stereocenters. The SMILES string of the molecule is c1ccc(-c2ccccc2N(c2ccc3c(c2)C2(c4ccccc4-3)C3CC4CC(C3)CC2C4)c2cccc3c2-c2ccccc2C32CCCC2)cc1. The fraction of sp³-hybridized carbons (Fsp3) is 0.294. The highest BCUT2D eigenvalue weighted by molar-refractivity contribution is 5.98. The smallest absolute Gasteiger partial charge is 0.0543 e. The Kier molecular flexibility index (Phi) is 6.18. The summed E-state index contributed by atoms with van der Waals surface area (Å²) in [5.41, 5.74) is 18.8. The second kappa shape index (κ2) is 10.8. The Morgan fingerprint density at radius 1 is 0.442 bits per heavy atom. The molecule has 7 aliphatic rings. The molecule has 254 valence electrons. The summed E-state index contributed by atoms with van der Waals surface area (Å²) >= 11 is 0. The van der Waals surface area contributed by atoms with Gasteiger partial charge in [-0.15, -0.1) is 0 Å². The molecule has 1 nitrogen and oxygen atoms in total. The van der Waals surface area contributed by atoms with Crippen LogP contribution in [0.2, 0.25) is 0 Å². The molecule has 7 aliphatic carbocycles. The Hall–Kier alpha value is -4.88. The highest BCUT2D eigenvalue weighted by atomic mass is 15.1. The minimum absolute atomic E-state index is 0.122. The molecule has 0 radical (unpaired) electrons. The number of hydrogen-bond donors (Lipinski definition) is 0. The van der Waals surface area contributed by atoms with E-state index in [9.17, 15) is 0 Å². The predicted molar refractivity (Wildman–Crippen MR) is 215 cm³/mol. The average molecular weight is 672 g/mol. The molecule has 4 bridgehead atoms. The van der Waals surface area contributed by atoms with Crippen molar-refractivity contribution in [2.45, 2.75) is 68.6 Å². The lowest BCUT2D eigenvalue weighted by Gasteiger charge is -2.61. The van der Waals surface area contributed by atoms with E-state index in [-0.39, 0.29) is 10.8 Å². The van der Waals surface area contributed by atoms with E-state index in [1.807, 2.05) is 0 Å². The highest BCUT2D eigenvalue weighted by Gasteiger charge is 2.61. The minimum atomic E-state index is 0.122. The van der Waals surface area contributed by atoms with Crippen molar-refractivity contribution in [3.8, 4) is 33.4 Å². The maximum Gasteiger partial charge on any atom is 0.0543 e. The molecule has 0 N–H and O–H groups in total. The molecule has 13 rings (SSSR count). The lowest BCUT2D eigenvalue weighted by molar-refractivity contribution is -0.0399. The number of rotatable bonds is 4. The van der Waals surface area contributed by atoms with Crippen molar-refractivity contribution in [2.24, 2.45) is 23.7 Å². The van der Waals surface area contributed by atoms with Crippen LogP contribution >= 0.6 is 0 Å². The van der Waals surface area contributed by atoms with Gasteiger partial charge in [-0.3, -0.25) is 0 Å². The van der Waals surface area contributed by atoms with Crippen LogP contribution < -0.4 is 4.90 Å². The number of benzene rings is 6. The van der Waals surface area contributed by atoms with Crippen LogP contribution in [0, 0.1) is 23.7 Å². The lowest BCUT2D eigenvalue weighted by Crippen LogP contribution is -2.55. The van der Waals surface area contributed by atoms with Gasteiger partial charge >= 0.3 is 0 Å². The highest BCUT2D eigenvalue weighted by Crippen LogP contribution is 2.70. The first kappa shape index (κ1) is 29.7. The summed E-state index contributed by atoms with van der Waals surface area (Å²) in [5, 5.41) is 0. The Labute approximate surface area is 308 Å². The maximum atomic E-state index is 2.69. The van der Waals surface area contributed by atoms with Crippen molar-refractivity contribution in [3.05, 3.63) is 162 Å². The largest absolute Gasteiger partial charge is 0.309 e. The summed E-state index contributed by atoms with van der Waals surface area (Å²) in [6.07, 6.45) is 12.2. The van der Waals surface area contributed by atoms with Crippen molar-refractivity contribution >= 4 is 17.1 Å². The first-order valence-electron chi connectivity index (χ1n) is 20.2. The van der Waals surface area contributed by atoms with Gasteiger partial charge in [0.15, 0.2) is 0 Å². The van der Waals surface area contributed by atoms with Gasteiger partial charge in [-0.1, -0.05) is 128 Å². The van der Waals surface area contributed by atoms with Crippen LogP contribution in [0.1, 0.15) is 80.0 Å². The van der Waals surface area contributed by atoms with E-state index >= 15 is 0 Å². The molecule has 0 saturated heterocycles. The minimum Gasteiger partial charge on any atom is -0.309 e. The number of nitrogens with zero attached hydrogens (tertiary/aromatic N) is 1. The molecule has 0 unspecified atom stereocenters. The van der Waals surface area contributed by atoms with E-state index in [1.165, 1.54) is 114 Å². The molecule has 1 heteroatoms. The van der Waals surface area contributed by atoms with Gasteiger partial charge in [0.2, 0.25) is 0 Å². The summed E-state index contributed by atoms with van der Waals surface area (Å²) in [4.78, 5) is 2.67. The fourth-order valence-electron chi connectivity index (χ4n) is 13.4. The Morgan fingerprint density at radius 2 is 1.04 bits per heavy atom. The Bertz CT molecular complexity index is 2360. The van der Waals surface area contributed by atoms with E-state index in [1.54, 1.807) is 16.7 Å². The summed E-state index contributed by atoms with van der Waals surface area (Å²) in [5.74, 6) is 3.33. The number of para-hydroxylation sites is 1. The number of hydrogen-bond acceptors (Lipinski definition) is 1. The van der Waals surface area contributed by atoms with Crippen LogP contribution in [0.15, 0.2) is 140 Å². The summed E-state index contributed by atoms with van der Waals surface area (Å²) < 4.78 is 0. The fourth-order valence-corrected chi connectivity index (χ4v) is 13.4. The van der Waals surface area contributed by atoms with Gasteiger partial charge in [-0.2, -0.15) is 0 Å². The molecule has 6 aromatic carbocycles. The van der Waals surface area contributed by atoms with Crippen LogP contribution in [0.3, 0.4) is 0 Å². The van der Waals surface area contributed by atoms with Gasteiger partial charge in [0, 0.05) is 27.6 Å². The monoisotopic (exact) mass is 671 g/mol. The molecule has 52 heavy (non-hydrogen) atoms. The van der Waals surface area contributed by atoms with E-state index in [2.05, 4.69) is 144 Å². The van der Waals surface area contributed by atoms with E-state index in [4.69, 9.17) is 0 Å². The topological polar surface area (TPSA) is 3.24 Å². The van der Waals surface area contributed by atoms with Crippen molar-refractivity contribution in [2.75, 3.05) is 4.90 Å². The van der Waals surface area contributed by atoms with Gasteiger partial charge in [-0.05, 0) is 137 Å². The van der Waals surface area contributed by atoms with Crippen molar-refractivity contribution in [1.29, 1.82) is 0 Å². The van der Waals surface area contributed by atoms with Crippen LogP contribution in [0.5, 0.6) is 0 Å². The van der Waals surface area contributed by atoms with Crippen molar-refractivity contribution < 1.29 is 0 Å². The molecular weight excluding hydrogens is 627 g/mol. The third-order valence-corrected chi connectivity index (χ3v) is 15.0. The molecule has 2 spiro atoms. The van der Waals surface area contributed by atoms with Crippen LogP contribution in [0.25, 0.3) is 33.4 Å². The normalized spacial score (nSPS) is 26.4. The van der Waals surface area contributed by atoms with E-state index < -0.39 is 0 Å². The third-order valence-electron chi connectivity index (χ3n) is 15.0. The molecule has 5 fully saturated rings. The molecule has 0 amide bonds. The number of fused-ring (bicyclic) bond motifs is 8. The van der Waals surface area contributed by atoms with Crippen LogP contribution in [-0.4, -0.2) is 0 Å². The molecule has 5 saturated carbocycles. The summed E-state index contributed by atoms with van der Waals surface area (Å²) in [7, 11) is 0.